The molecule has 0 aliphatic heterocycles. The molecule has 10 heteroatoms. The second-order valence-corrected chi connectivity index (χ2v) is 7.43. The summed E-state index contributed by atoms with van der Waals surface area (Å²) < 4.78 is 63.5. The highest BCUT2D eigenvalue weighted by Crippen LogP contribution is 2.34. The molecule has 0 unspecified atom stereocenters. The summed E-state index contributed by atoms with van der Waals surface area (Å²) in [5.41, 5.74) is -1.04. The number of carbonyl (C=O) groups excluding carboxylic acids is 1. The maximum atomic E-state index is 13.0. The Morgan fingerprint density at radius 1 is 1.15 bits per heavy atom. The number of halogens is 3. The Hall–Kier alpha value is -2.46. The van der Waals surface area contributed by atoms with Crippen LogP contribution in [-0.2, 0) is 27.5 Å². The van der Waals surface area contributed by atoms with Crippen molar-refractivity contribution in [2.75, 3.05) is 18.1 Å². The predicted octanol–water partition coefficient (Wildman–Crippen LogP) is 2.50. The summed E-state index contributed by atoms with van der Waals surface area (Å²) >= 11 is 0. The number of pyridine rings is 1. The molecule has 0 spiro atoms. The summed E-state index contributed by atoms with van der Waals surface area (Å²) in [6, 6.07) is 9.35. The molecule has 0 aliphatic carbocycles. The van der Waals surface area contributed by atoms with Crippen LogP contribution in [0.3, 0.4) is 0 Å². The molecule has 0 saturated carbocycles. The molecular formula is C16H16F3N3O3S. The van der Waals surface area contributed by atoms with Crippen molar-refractivity contribution in [3.05, 3.63) is 59.9 Å². The van der Waals surface area contributed by atoms with Gasteiger partial charge < -0.3 is 5.32 Å². The number of amides is 1. The predicted molar refractivity (Wildman–Crippen MR) is 89.6 cm³/mol. The van der Waals surface area contributed by atoms with Crippen molar-refractivity contribution in [1.82, 2.24) is 9.29 Å². The fraction of sp³-hybridized carbons (Fsp3) is 0.250. The van der Waals surface area contributed by atoms with Gasteiger partial charge in [-0.15, -0.1) is 0 Å². The number of sulfonamides is 1. The second kappa shape index (κ2) is 7.83. The Balaban J connectivity index is 2.16. The van der Waals surface area contributed by atoms with E-state index in [-0.39, 0.29) is 6.54 Å². The van der Waals surface area contributed by atoms with Gasteiger partial charge in [0.25, 0.3) is 0 Å². The Labute approximate surface area is 148 Å². The van der Waals surface area contributed by atoms with Crippen molar-refractivity contribution in [3.63, 3.8) is 0 Å². The van der Waals surface area contributed by atoms with Gasteiger partial charge in [-0.1, -0.05) is 18.2 Å². The number of alkyl halides is 3. The highest BCUT2D eigenvalue weighted by atomic mass is 32.2. The van der Waals surface area contributed by atoms with Gasteiger partial charge in [0.2, 0.25) is 15.9 Å². The summed E-state index contributed by atoms with van der Waals surface area (Å²) in [7, 11) is -3.78. The first kappa shape index (κ1) is 19.9. The summed E-state index contributed by atoms with van der Waals surface area (Å²) in [5.74, 6) is -0.886. The standard InChI is InChI=1S/C16H16F3N3O3S/c1-26(24,25)22(10-12-6-4-5-9-20-12)11-15(23)21-14-8-3-2-7-13(14)16(17,18)19/h2-9H,10-11H2,1H3,(H,21,23). The number of benzene rings is 1. The van der Waals surface area contributed by atoms with E-state index in [0.717, 1.165) is 22.7 Å². The average Bonchev–Trinajstić information content (AvgIpc) is 2.54. The van der Waals surface area contributed by atoms with Crippen LogP contribution in [0.1, 0.15) is 11.3 Å². The smallest absolute Gasteiger partial charge is 0.324 e. The Kier molecular flexibility index (Phi) is 5.98. The molecule has 1 aromatic carbocycles. The van der Waals surface area contributed by atoms with Crippen LogP contribution < -0.4 is 5.32 Å². The SMILES string of the molecule is CS(=O)(=O)N(CC(=O)Nc1ccccc1C(F)(F)F)Cc1ccccn1. The van der Waals surface area contributed by atoms with E-state index in [1.807, 2.05) is 0 Å². The third kappa shape index (κ3) is 5.53. The molecule has 0 radical (unpaired) electrons. The van der Waals surface area contributed by atoms with Gasteiger partial charge in [0.15, 0.2) is 0 Å². The van der Waals surface area contributed by atoms with Crippen molar-refractivity contribution in [2.24, 2.45) is 0 Å². The first-order valence-electron chi connectivity index (χ1n) is 7.38. The van der Waals surface area contributed by atoms with Crippen molar-refractivity contribution in [3.8, 4) is 0 Å². The van der Waals surface area contributed by atoms with Gasteiger partial charge in [-0.3, -0.25) is 9.78 Å². The van der Waals surface area contributed by atoms with Crippen LogP contribution in [-0.4, -0.2) is 36.4 Å². The van der Waals surface area contributed by atoms with Gasteiger partial charge in [-0.2, -0.15) is 17.5 Å². The molecule has 0 aliphatic rings. The number of hydrogen-bond acceptors (Lipinski definition) is 4. The van der Waals surface area contributed by atoms with Crippen molar-refractivity contribution in [2.45, 2.75) is 12.7 Å². The number of carbonyl (C=O) groups is 1. The molecule has 140 valence electrons. The minimum absolute atomic E-state index is 0.173. The molecule has 1 aromatic heterocycles. The van der Waals surface area contributed by atoms with Crippen molar-refractivity contribution < 1.29 is 26.4 Å². The molecule has 1 heterocycles. The van der Waals surface area contributed by atoms with E-state index in [4.69, 9.17) is 0 Å². The highest BCUT2D eigenvalue weighted by molar-refractivity contribution is 7.88. The number of aromatic nitrogens is 1. The van der Waals surface area contributed by atoms with Gasteiger partial charge in [-0.05, 0) is 24.3 Å². The number of rotatable bonds is 6. The van der Waals surface area contributed by atoms with Gasteiger partial charge in [0.1, 0.15) is 0 Å². The molecular weight excluding hydrogens is 371 g/mol. The zero-order valence-electron chi connectivity index (χ0n) is 13.7. The van der Waals surface area contributed by atoms with Crippen LogP contribution in [0.15, 0.2) is 48.7 Å². The fourth-order valence-electron chi connectivity index (χ4n) is 2.15. The molecule has 1 amide bonds. The summed E-state index contributed by atoms with van der Waals surface area (Å²) in [6.45, 7) is -0.810. The lowest BCUT2D eigenvalue weighted by Crippen LogP contribution is -2.37. The van der Waals surface area contributed by atoms with Crippen LogP contribution in [0.2, 0.25) is 0 Å². The number of nitrogens with one attached hydrogen (secondary N) is 1. The second-order valence-electron chi connectivity index (χ2n) is 5.44. The minimum atomic E-state index is -4.64. The topological polar surface area (TPSA) is 79.4 Å². The first-order valence-corrected chi connectivity index (χ1v) is 9.23. The van der Waals surface area contributed by atoms with Crippen molar-refractivity contribution >= 4 is 21.6 Å². The Morgan fingerprint density at radius 3 is 2.38 bits per heavy atom. The molecule has 0 atom stereocenters. The summed E-state index contributed by atoms with van der Waals surface area (Å²) in [6.07, 6.45) is -2.27. The largest absolute Gasteiger partial charge is 0.418 e. The van der Waals surface area contributed by atoms with Crippen LogP contribution >= 0.6 is 0 Å². The molecule has 0 fully saturated rings. The van der Waals surface area contributed by atoms with Crippen LogP contribution in [0.25, 0.3) is 0 Å². The zero-order valence-corrected chi connectivity index (χ0v) is 14.5. The van der Waals surface area contributed by atoms with Gasteiger partial charge in [0.05, 0.1) is 36.3 Å². The maximum Gasteiger partial charge on any atom is 0.418 e. The molecule has 26 heavy (non-hydrogen) atoms. The molecule has 0 saturated heterocycles. The number of para-hydroxylation sites is 1. The lowest BCUT2D eigenvalue weighted by molar-refractivity contribution is -0.137. The molecule has 2 rings (SSSR count). The van der Waals surface area contributed by atoms with Crippen LogP contribution in [0.4, 0.5) is 18.9 Å². The normalized spacial score (nSPS) is 12.2. The fourth-order valence-corrected chi connectivity index (χ4v) is 2.87. The maximum absolute atomic E-state index is 13.0. The minimum Gasteiger partial charge on any atom is -0.324 e. The van der Waals surface area contributed by atoms with E-state index in [0.29, 0.717) is 5.69 Å². The van der Waals surface area contributed by atoms with Crippen molar-refractivity contribution in [1.29, 1.82) is 0 Å². The number of hydrogen-bond donors (Lipinski definition) is 1. The molecule has 1 N–H and O–H groups in total. The summed E-state index contributed by atoms with van der Waals surface area (Å²) in [4.78, 5) is 16.1. The van der Waals surface area contributed by atoms with E-state index in [1.165, 1.54) is 18.3 Å². The Bertz CT molecular complexity index is 871. The molecule has 6 nitrogen and oxygen atoms in total. The quantitative estimate of drug-likeness (QED) is 0.826. The Morgan fingerprint density at radius 2 is 1.81 bits per heavy atom. The molecule has 2 aromatic rings. The third-order valence-corrected chi connectivity index (χ3v) is 4.56. The first-order chi connectivity index (χ1) is 12.1. The van der Waals surface area contributed by atoms with E-state index < -0.39 is 39.9 Å². The van der Waals surface area contributed by atoms with E-state index in [2.05, 4.69) is 10.3 Å². The van der Waals surface area contributed by atoms with E-state index in [1.54, 1.807) is 18.2 Å². The van der Waals surface area contributed by atoms with E-state index in [9.17, 15) is 26.4 Å². The summed E-state index contributed by atoms with van der Waals surface area (Å²) in [5, 5.41) is 2.12. The number of anilines is 1. The highest BCUT2D eigenvalue weighted by Gasteiger charge is 2.33. The number of nitrogens with zero attached hydrogens (tertiary/aromatic N) is 2. The van der Waals surface area contributed by atoms with Gasteiger partial charge >= 0.3 is 6.18 Å². The van der Waals surface area contributed by atoms with Crippen LogP contribution in [0, 0.1) is 0 Å². The van der Waals surface area contributed by atoms with Crippen LogP contribution in [0.5, 0.6) is 0 Å². The van der Waals surface area contributed by atoms with Gasteiger partial charge in [0, 0.05) is 6.20 Å². The molecule has 0 bridgehead atoms. The third-order valence-electron chi connectivity index (χ3n) is 3.36. The lowest BCUT2D eigenvalue weighted by Gasteiger charge is -2.20. The van der Waals surface area contributed by atoms with E-state index >= 15 is 0 Å². The monoisotopic (exact) mass is 387 g/mol. The van der Waals surface area contributed by atoms with Gasteiger partial charge in [-0.25, -0.2) is 8.42 Å². The average molecular weight is 387 g/mol. The zero-order chi connectivity index (χ0) is 19.4. The lowest BCUT2D eigenvalue weighted by atomic mass is 10.1.